The molecule has 2 heterocycles. The maximum Gasteiger partial charge on any atom is 0.416 e. The van der Waals surface area contributed by atoms with E-state index in [0.29, 0.717) is 36.7 Å². The van der Waals surface area contributed by atoms with Gasteiger partial charge < -0.3 is 15.2 Å². The highest BCUT2D eigenvalue weighted by Gasteiger charge is 2.36. The Hall–Kier alpha value is -2.56. The Balaban J connectivity index is 1.80. The van der Waals surface area contributed by atoms with Crippen LogP contribution in [-0.2, 0) is 30.1 Å². The summed E-state index contributed by atoms with van der Waals surface area (Å²) in [5.41, 5.74) is -2.51. The van der Waals surface area contributed by atoms with Gasteiger partial charge in [-0.25, -0.2) is 4.98 Å². The highest BCUT2D eigenvalue weighted by atomic mass is 19.4. The topological polar surface area (TPSA) is 61.0 Å². The maximum atomic E-state index is 12.9. The summed E-state index contributed by atoms with van der Waals surface area (Å²) in [5.74, 6) is 0.296. The average Bonchev–Trinajstić information content (AvgIpc) is 3.02. The van der Waals surface area contributed by atoms with Gasteiger partial charge in [-0.2, -0.15) is 26.3 Å². The monoisotopic (exact) mass is 406 g/mol. The van der Waals surface area contributed by atoms with Crippen LogP contribution >= 0.6 is 0 Å². The van der Waals surface area contributed by atoms with Gasteiger partial charge in [0.15, 0.2) is 0 Å². The molecule has 28 heavy (non-hydrogen) atoms. The average molecular weight is 406 g/mol. The van der Waals surface area contributed by atoms with Crippen molar-refractivity contribution in [3.63, 3.8) is 0 Å². The quantitative estimate of drug-likeness (QED) is 0.768. The molecule has 2 N–H and O–H groups in total. The first-order valence-corrected chi connectivity index (χ1v) is 8.32. The number of carbonyl (C=O) groups is 1. The molecule has 1 aliphatic heterocycles. The van der Waals surface area contributed by atoms with Crippen LogP contribution in [0.1, 0.15) is 28.2 Å². The predicted molar refractivity (Wildman–Crippen MR) is 86.1 cm³/mol. The van der Waals surface area contributed by atoms with Crippen molar-refractivity contribution in [2.24, 2.45) is 0 Å². The number of nitrogens with zero attached hydrogens (tertiary/aromatic N) is 2. The second-order valence-electron chi connectivity index (χ2n) is 6.44. The highest BCUT2D eigenvalue weighted by Crippen LogP contribution is 2.36. The third-order valence-corrected chi connectivity index (χ3v) is 4.25. The van der Waals surface area contributed by atoms with Crippen molar-refractivity contribution in [1.29, 1.82) is 0 Å². The van der Waals surface area contributed by atoms with E-state index in [1.54, 1.807) is 4.90 Å². The second-order valence-corrected chi connectivity index (χ2v) is 6.44. The maximum absolute atomic E-state index is 12.9. The van der Waals surface area contributed by atoms with Gasteiger partial charge in [0.25, 0.3) is 0 Å². The van der Waals surface area contributed by atoms with Crippen LogP contribution in [0.4, 0.5) is 26.3 Å². The molecule has 1 aromatic heterocycles. The number of aromatic nitrogens is 2. The van der Waals surface area contributed by atoms with E-state index in [0.717, 1.165) is 0 Å². The van der Waals surface area contributed by atoms with E-state index in [9.17, 15) is 31.1 Å². The lowest BCUT2D eigenvalue weighted by molar-refractivity contribution is -0.143. The minimum atomic E-state index is -4.89. The van der Waals surface area contributed by atoms with Gasteiger partial charge in [-0.05, 0) is 23.8 Å². The van der Waals surface area contributed by atoms with Crippen LogP contribution in [0.5, 0.6) is 0 Å². The fraction of sp³-hybridized carbons (Fsp3) is 0.412. The van der Waals surface area contributed by atoms with Gasteiger partial charge in [-0.15, -0.1) is 0 Å². The van der Waals surface area contributed by atoms with E-state index in [1.807, 2.05) is 0 Å². The number of nitrogens with one attached hydrogen (secondary N) is 2. The van der Waals surface area contributed by atoms with E-state index in [2.05, 4.69) is 15.3 Å². The normalized spacial score (nSPS) is 15.9. The largest absolute Gasteiger partial charge is 0.416 e. The summed E-state index contributed by atoms with van der Waals surface area (Å²) in [5, 5.41) is 2.92. The van der Waals surface area contributed by atoms with Gasteiger partial charge in [0.05, 0.1) is 24.2 Å². The van der Waals surface area contributed by atoms with Crippen molar-refractivity contribution in [2.45, 2.75) is 25.3 Å². The first kappa shape index (κ1) is 20.2. The first-order valence-electron chi connectivity index (χ1n) is 8.32. The minimum absolute atomic E-state index is 0.0951. The number of halogens is 6. The molecule has 1 aromatic carbocycles. The molecular weight excluding hydrogens is 390 g/mol. The molecule has 3 rings (SSSR count). The number of rotatable bonds is 4. The molecule has 0 atom stereocenters. The Morgan fingerprint density at radius 3 is 2.25 bits per heavy atom. The number of amides is 1. The lowest BCUT2D eigenvalue weighted by atomic mass is 10.0. The van der Waals surface area contributed by atoms with Gasteiger partial charge in [0.1, 0.15) is 5.82 Å². The molecule has 11 heteroatoms. The smallest absolute Gasteiger partial charge is 0.344 e. The van der Waals surface area contributed by atoms with E-state index in [1.165, 1.54) is 6.20 Å². The standard InChI is InChI=1S/C17H16F6N4O/c18-16(19,20)11-3-10(4-12(6-11)17(21,22)23)5-13-7-25-14(26-13)9-27-2-1-24-8-15(27)28/h3-4,6-7,24H,1-2,5,8-9H2,(H,25,26). The molecule has 0 radical (unpaired) electrons. The molecular formula is C17H16F6N4O. The van der Waals surface area contributed by atoms with Crippen LogP contribution in [-0.4, -0.2) is 40.4 Å². The number of aromatic amines is 1. The summed E-state index contributed by atoms with van der Waals surface area (Å²) in [6, 6.07) is 1.48. The molecule has 0 aliphatic carbocycles. The van der Waals surface area contributed by atoms with Gasteiger partial charge in [-0.1, -0.05) is 0 Å². The number of hydrogen-bond donors (Lipinski definition) is 2. The van der Waals surface area contributed by atoms with Gasteiger partial charge in [0.2, 0.25) is 5.91 Å². The van der Waals surface area contributed by atoms with Crippen molar-refractivity contribution in [1.82, 2.24) is 20.2 Å². The Morgan fingerprint density at radius 1 is 1.04 bits per heavy atom. The van der Waals surface area contributed by atoms with Crippen molar-refractivity contribution < 1.29 is 31.1 Å². The number of benzene rings is 1. The number of imidazole rings is 1. The fourth-order valence-corrected chi connectivity index (χ4v) is 2.91. The first-order chi connectivity index (χ1) is 13.0. The predicted octanol–water partition coefficient (Wildman–Crippen LogP) is 2.97. The third-order valence-electron chi connectivity index (χ3n) is 4.25. The molecule has 1 aliphatic rings. The molecule has 0 saturated carbocycles. The molecule has 1 amide bonds. The molecule has 1 saturated heterocycles. The van der Waals surface area contributed by atoms with Crippen molar-refractivity contribution in [3.8, 4) is 0 Å². The van der Waals surface area contributed by atoms with Crippen LogP contribution in [0.2, 0.25) is 0 Å². The van der Waals surface area contributed by atoms with Crippen LogP contribution in [0, 0.1) is 0 Å². The number of hydrogen-bond acceptors (Lipinski definition) is 3. The fourth-order valence-electron chi connectivity index (χ4n) is 2.91. The van der Waals surface area contributed by atoms with Crippen LogP contribution in [0.15, 0.2) is 24.4 Å². The molecule has 1 fully saturated rings. The van der Waals surface area contributed by atoms with Gasteiger partial charge in [-0.3, -0.25) is 4.79 Å². The molecule has 0 bridgehead atoms. The van der Waals surface area contributed by atoms with E-state index in [4.69, 9.17) is 0 Å². The highest BCUT2D eigenvalue weighted by molar-refractivity contribution is 5.78. The third kappa shape index (κ3) is 4.83. The van der Waals surface area contributed by atoms with E-state index < -0.39 is 23.5 Å². The van der Waals surface area contributed by atoms with Gasteiger partial charge in [0, 0.05) is 31.4 Å². The second kappa shape index (κ2) is 7.46. The Morgan fingerprint density at radius 2 is 1.68 bits per heavy atom. The van der Waals surface area contributed by atoms with Crippen LogP contribution in [0.3, 0.4) is 0 Å². The summed E-state index contributed by atoms with van der Waals surface area (Å²) < 4.78 is 77.7. The van der Waals surface area contributed by atoms with E-state index >= 15 is 0 Å². The lowest BCUT2D eigenvalue weighted by Crippen LogP contribution is -2.47. The number of carbonyl (C=O) groups excluding carboxylic acids is 1. The summed E-state index contributed by atoms with van der Waals surface area (Å²) in [6.07, 6.45) is -8.62. The molecule has 0 unspecified atom stereocenters. The Bertz CT molecular complexity index is 826. The van der Waals surface area contributed by atoms with Crippen molar-refractivity contribution >= 4 is 5.91 Å². The SMILES string of the molecule is O=C1CNCCN1Cc1ncc(Cc2cc(C(F)(F)F)cc(C(F)(F)F)c2)[nH]1. The summed E-state index contributed by atoms with van der Waals surface area (Å²) in [4.78, 5) is 20.3. The summed E-state index contributed by atoms with van der Waals surface area (Å²) >= 11 is 0. The lowest BCUT2D eigenvalue weighted by Gasteiger charge is -2.26. The zero-order chi connectivity index (χ0) is 20.5. The van der Waals surface area contributed by atoms with Crippen LogP contribution < -0.4 is 5.32 Å². The molecule has 2 aromatic rings. The van der Waals surface area contributed by atoms with Crippen molar-refractivity contribution in [3.05, 3.63) is 52.6 Å². The zero-order valence-corrected chi connectivity index (χ0v) is 14.4. The molecule has 5 nitrogen and oxygen atoms in total. The van der Waals surface area contributed by atoms with Crippen LogP contribution in [0.25, 0.3) is 0 Å². The number of piperazine rings is 1. The van der Waals surface area contributed by atoms with E-state index in [-0.39, 0.29) is 37.0 Å². The summed E-state index contributed by atoms with van der Waals surface area (Å²) in [6.45, 7) is 1.51. The Labute approximate surface area is 155 Å². The number of H-pyrrole nitrogens is 1. The molecule has 0 spiro atoms. The molecule has 152 valence electrons. The van der Waals surface area contributed by atoms with Gasteiger partial charge >= 0.3 is 12.4 Å². The summed E-state index contributed by atoms with van der Waals surface area (Å²) in [7, 11) is 0. The number of alkyl halides is 6. The van der Waals surface area contributed by atoms with Crippen molar-refractivity contribution in [2.75, 3.05) is 19.6 Å². The Kier molecular flexibility index (Phi) is 5.37. The zero-order valence-electron chi connectivity index (χ0n) is 14.4. The minimum Gasteiger partial charge on any atom is -0.344 e.